The van der Waals surface area contributed by atoms with Crippen LogP contribution in [0.5, 0.6) is 0 Å². The van der Waals surface area contributed by atoms with Gasteiger partial charge in [0.05, 0.1) is 0 Å². The fourth-order valence-corrected chi connectivity index (χ4v) is 2.34. The van der Waals surface area contributed by atoms with Crippen molar-refractivity contribution in [3.63, 3.8) is 0 Å². The van der Waals surface area contributed by atoms with Crippen LogP contribution in [-0.4, -0.2) is 38.1 Å². The van der Waals surface area contributed by atoms with E-state index in [4.69, 9.17) is 0 Å². The van der Waals surface area contributed by atoms with E-state index in [1.54, 1.807) is 0 Å². The van der Waals surface area contributed by atoms with Gasteiger partial charge in [0.15, 0.2) is 5.96 Å². The van der Waals surface area contributed by atoms with Gasteiger partial charge in [0.1, 0.15) is 0 Å². The normalized spacial score (nSPS) is 11.5. The van der Waals surface area contributed by atoms with Crippen molar-refractivity contribution in [1.29, 1.82) is 0 Å². The number of rotatable bonds is 6. The highest BCUT2D eigenvalue weighted by atomic mass is 32.2. The lowest BCUT2D eigenvalue weighted by atomic mass is 10.1. The molecular weight excluding hydrogens is 254 g/mol. The molecule has 19 heavy (non-hydrogen) atoms. The largest absolute Gasteiger partial charge is 0.356 e. The topological polar surface area (TPSA) is 36.4 Å². The molecule has 0 aliphatic carbocycles. The zero-order chi connectivity index (χ0) is 14.1. The highest BCUT2D eigenvalue weighted by Gasteiger charge is 1.99. The number of hydrogen-bond donors (Lipinski definition) is 2. The molecule has 0 bridgehead atoms. The molecule has 3 nitrogen and oxygen atoms in total. The smallest absolute Gasteiger partial charge is 0.191 e. The lowest BCUT2D eigenvalue weighted by molar-refractivity contribution is 0.811. The van der Waals surface area contributed by atoms with Gasteiger partial charge in [0, 0.05) is 25.9 Å². The number of hydrogen-bond acceptors (Lipinski definition) is 2. The summed E-state index contributed by atoms with van der Waals surface area (Å²) in [5.41, 5.74) is 4.04. The summed E-state index contributed by atoms with van der Waals surface area (Å²) in [4.78, 5) is 4.21. The third-order valence-electron chi connectivity index (χ3n) is 2.81. The average molecular weight is 279 g/mol. The van der Waals surface area contributed by atoms with Gasteiger partial charge in [-0.05, 0) is 32.1 Å². The van der Waals surface area contributed by atoms with Crippen molar-refractivity contribution in [2.45, 2.75) is 20.3 Å². The van der Waals surface area contributed by atoms with Crippen LogP contribution in [0.15, 0.2) is 23.2 Å². The van der Waals surface area contributed by atoms with Crippen molar-refractivity contribution in [2.75, 3.05) is 32.1 Å². The van der Waals surface area contributed by atoms with Gasteiger partial charge in [0.2, 0.25) is 0 Å². The number of benzene rings is 1. The Hall–Kier alpha value is -1.16. The zero-order valence-corrected chi connectivity index (χ0v) is 13.2. The van der Waals surface area contributed by atoms with E-state index in [-0.39, 0.29) is 0 Å². The molecule has 2 N–H and O–H groups in total. The summed E-state index contributed by atoms with van der Waals surface area (Å²) in [6, 6.07) is 6.71. The van der Waals surface area contributed by atoms with E-state index in [0.717, 1.165) is 31.2 Å². The van der Waals surface area contributed by atoms with Crippen LogP contribution in [0.1, 0.15) is 16.7 Å². The molecule has 4 heteroatoms. The molecule has 0 fully saturated rings. The van der Waals surface area contributed by atoms with Crippen LogP contribution in [-0.2, 0) is 6.42 Å². The molecule has 0 saturated carbocycles. The van der Waals surface area contributed by atoms with E-state index in [1.807, 2.05) is 18.8 Å². The van der Waals surface area contributed by atoms with Crippen molar-refractivity contribution < 1.29 is 0 Å². The predicted molar refractivity (Wildman–Crippen MR) is 87.4 cm³/mol. The zero-order valence-electron chi connectivity index (χ0n) is 12.4. The van der Waals surface area contributed by atoms with Crippen molar-refractivity contribution in [2.24, 2.45) is 4.99 Å². The highest BCUT2D eigenvalue weighted by molar-refractivity contribution is 7.98. The Morgan fingerprint density at radius 2 is 1.74 bits per heavy atom. The first-order valence-corrected chi connectivity index (χ1v) is 8.05. The number of thioether (sulfide) groups is 1. The van der Waals surface area contributed by atoms with Crippen molar-refractivity contribution in [3.05, 3.63) is 34.9 Å². The lowest BCUT2D eigenvalue weighted by Crippen LogP contribution is -2.39. The summed E-state index contributed by atoms with van der Waals surface area (Å²) in [5.74, 6) is 1.98. The van der Waals surface area contributed by atoms with Gasteiger partial charge in [-0.1, -0.05) is 29.3 Å². The minimum absolute atomic E-state index is 0.887. The van der Waals surface area contributed by atoms with Gasteiger partial charge in [0.25, 0.3) is 0 Å². The molecule has 0 aliphatic rings. The predicted octanol–water partition coefficient (Wildman–Crippen LogP) is 2.37. The van der Waals surface area contributed by atoms with E-state index in [9.17, 15) is 0 Å². The third kappa shape index (κ3) is 6.53. The van der Waals surface area contributed by atoms with E-state index in [1.165, 1.54) is 16.7 Å². The van der Waals surface area contributed by atoms with Gasteiger partial charge >= 0.3 is 0 Å². The van der Waals surface area contributed by atoms with E-state index in [2.05, 4.69) is 53.9 Å². The monoisotopic (exact) mass is 279 g/mol. The quantitative estimate of drug-likeness (QED) is 0.477. The second kappa shape index (κ2) is 8.86. The van der Waals surface area contributed by atoms with Crippen LogP contribution >= 0.6 is 11.8 Å². The summed E-state index contributed by atoms with van der Waals surface area (Å²) >= 11 is 1.83. The minimum atomic E-state index is 0.887. The Kier molecular flexibility index (Phi) is 7.41. The lowest BCUT2D eigenvalue weighted by Gasteiger charge is -2.11. The molecule has 0 radical (unpaired) electrons. The van der Waals surface area contributed by atoms with Crippen LogP contribution in [0, 0.1) is 13.8 Å². The summed E-state index contributed by atoms with van der Waals surface area (Å²) in [6.07, 6.45) is 3.13. The Labute approximate surface area is 121 Å². The molecule has 0 aromatic heterocycles. The second-order valence-electron chi connectivity index (χ2n) is 4.66. The maximum absolute atomic E-state index is 4.21. The molecule has 106 valence electrons. The van der Waals surface area contributed by atoms with Gasteiger partial charge < -0.3 is 10.6 Å². The molecule has 0 heterocycles. The molecule has 0 saturated heterocycles. The molecule has 0 spiro atoms. The molecule has 1 aromatic carbocycles. The maximum atomic E-state index is 4.21. The molecular formula is C15H25N3S. The Morgan fingerprint density at radius 3 is 2.32 bits per heavy atom. The standard InChI is InChI=1S/C15H25N3S/c1-12-9-13(2)11-14(10-12)5-6-17-15(16-3)18-7-8-19-4/h9-11H,5-8H2,1-4H3,(H2,16,17,18). The molecule has 0 aliphatic heterocycles. The van der Waals surface area contributed by atoms with Crippen molar-refractivity contribution in [1.82, 2.24) is 10.6 Å². The number of aryl methyl sites for hydroxylation is 2. The van der Waals surface area contributed by atoms with E-state index >= 15 is 0 Å². The van der Waals surface area contributed by atoms with E-state index in [0.29, 0.717) is 0 Å². The second-order valence-corrected chi connectivity index (χ2v) is 5.65. The first-order chi connectivity index (χ1) is 9.15. The number of nitrogens with one attached hydrogen (secondary N) is 2. The SMILES string of the molecule is CN=C(NCCSC)NCCc1cc(C)cc(C)c1. The fraction of sp³-hybridized carbons (Fsp3) is 0.533. The van der Waals surface area contributed by atoms with Gasteiger partial charge in [-0.15, -0.1) is 0 Å². The van der Waals surface area contributed by atoms with Crippen molar-refractivity contribution >= 4 is 17.7 Å². The fourth-order valence-electron chi connectivity index (χ4n) is 2.03. The van der Waals surface area contributed by atoms with Gasteiger partial charge in [-0.2, -0.15) is 11.8 Å². The molecule has 1 rings (SSSR count). The molecule has 0 atom stereocenters. The van der Waals surface area contributed by atoms with Crippen LogP contribution < -0.4 is 10.6 Å². The van der Waals surface area contributed by atoms with E-state index < -0.39 is 0 Å². The first kappa shape index (κ1) is 15.9. The molecule has 0 amide bonds. The van der Waals surface area contributed by atoms with Crippen LogP contribution in [0.2, 0.25) is 0 Å². The number of nitrogens with zero attached hydrogens (tertiary/aromatic N) is 1. The van der Waals surface area contributed by atoms with Crippen LogP contribution in [0.3, 0.4) is 0 Å². The first-order valence-electron chi connectivity index (χ1n) is 6.66. The van der Waals surface area contributed by atoms with Crippen molar-refractivity contribution in [3.8, 4) is 0 Å². The maximum Gasteiger partial charge on any atom is 0.191 e. The van der Waals surface area contributed by atoms with Crippen LogP contribution in [0.4, 0.5) is 0 Å². The van der Waals surface area contributed by atoms with Crippen LogP contribution in [0.25, 0.3) is 0 Å². The summed E-state index contributed by atoms with van der Waals surface area (Å²) in [5, 5.41) is 6.64. The van der Waals surface area contributed by atoms with Gasteiger partial charge in [-0.3, -0.25) is 4.99 Å². The molecule has 1 aromatic rings. The Bertz CT molecular complexity index is 396. The summed E-state index contributed by atoms with van der Waals surface area (Å²) in [7, 11) is 1.81. The number of guanidine groups is 1. The Morgan fingerprint density at radius 1 is 1.11 bits per heavy atom. The molecule has 0 unspecified atom stereocenters. The highest BCUT2D eigenvalue weighted by Crippen LogP contribution is 2.08. The Balaban J connectivity index is 2.35. The summed E-state index contributed by atoms with van der Waals surface area (Å²) < 4.78 is 0. The number of aliphatic imine (C=N–C) groups is 1. The summed E-state index contributed by atoms with van der Waals surface area (Å²) in [6.45, 7) is 6.14. The van der Waals surface area contributed by atoms with Gasteiger partial charge in [-0.25, -0.2) is 0 Å². The third-order valence-corrected chi connectivity index (χ3v) is 3.42. The minimum Gasteiger partial charge on any atom is -0.356 e. The average Bonchev–Trinajstić information content (AvgIpc) is 2.36.